The normalized spacial score (nSPS) is 13.6. The smallest absolute Gasteiger partial charge is 0.185 e. The summed E-state index contributed by atoms with van der Waals surface area (Å²) in [6.45, 7) is 1.43. The summed E-state index contributed by atoms with van der Waals surface area (Å²) in [7, 11) is 0. The topological polar surface area (TPSA) is 81.3 Å². The molecular formula is C14H16FNO3S. The van der Waals surface area contributed by atoms with Crippen LogP contribution in [0.15, 0.2) is 18.2 Å². The summed E-state index contributed by atoms with van der Waals surface area (Å²) in [6.07, 6.45) is -2.09. The Labute approximate surface area is 121 Å². The van der Waals surface area contributed by atoms with Crippen LogP contribution in [0.2, 0.25) is 0 Å². The molecule has 0 saturated carbocycles. The van der Waals surface area contributed by atoms with Gasteiger partial charge in [-0.15, -0.1) is 0 Å². The predicted molar refractivity (Wildman–Crippen MR) is 74.4 cm³/mol. The maximum atomic E-state index is 13.6. The molecule has 108 valence electrons. The standard InChI is InChI=1S/C14H16FNO3S/c1-9(17)20-7-5-13(18)14(19)11-3-2-10(4-6-16)12(15)8-11/h2-3,8,13-14,18-19H,4-5,7H2,1H3. The van der Waals surface area contributed by atoms with Crippen molar-refractivity contribution in [3.63, 3.8) is 0 Å². The lowest BCUT2D eigenvalue weighted by atomic mass is 10.00. The number of carbonyl (C=O) groups excluding carboxylic acids is 1. The highest BCUT2D eigenvalue weighted by Crippen LogP contribution is 2.22. The summed E-state index contributed by atoms with van der Waals surface area (Å²) in [6, 6.07) is 5.88. The van der Waals surface area contributed by atoms with E-state index in [0.29, 0.717) is 5.75 Å². The van der Waals surface area contributed by atoms with Crippen LogP contribution in [0.1, 0.15) is 30.6 Å². The molecule has 20 heavy (non-hydrogen) atoms. The van der Waals surface area contributed by atoms with E-state index < -0.39 is 18.0 Å². The van der Waals surface area contributed by atoms with Crippen molar-refractivity contribution in [1.29, 1.82) is 5.26 Å². The summed E-state index contributed by atoms with van der Waals surface area (Å²) < 4.78 is 13.6. The van der Waals surface area contributed by atoms with Crippen LogP contribution < -0.4 is 0 Å². The number of carbonyl (C=O) groups is 1. The molecule has 0 spiro atoms. The number of nitrogens with zero attached hydrogens (tertiary/aromatic N) is 1. The van der Waals surface area contributed by atoms with Crippen molar-refractivity contribution in [1.82, 2.24) is 0 Å². The zero-order valence-corrected chi connectivity index (χ0v) is 11.9. The Morgan fingerprint density at radius 2 is 2.20 bits per heavy atom. The van der Waals surface area contributed by atoms with Gasteiger partial charge in [0.1, 0.15) is 11.9 Å². The molecule has 2 unspecified atom stereocenters. The third-order valence-corrected chi connectivity index (χ3v) is 3.62. The van der Waals surface area contributed by atoms with E-state index >= 15 is 0 Å². The number of nitriles is 1. The zero-order chi connectivity index (χ0) is 15.1. The Balaban J connectivity index is 2.67. The predicted octanol–water partition coefficient (Wildman–Crippen LogP) is 1.96. The van der Waals surface area contributed by atoms with Crippen LogP contribution >= 0.6 is 11.8 Å². The van der Waals surface area contributed by atoms with E-state index in [9.17, 15) is 19.4 Å². The molecule has 2 atom stereocenters. The van der Waals surface area contributed by atoms with Crippen molar-refractivity contribution in [2.75, 3.05) is 5.75 Å². The van der Waals surface area contributed by atoms with Gasteiger partial charge >= 0.3 is 0 Å². The maximum absolute atomic E-state index is 13.6. The monoisotopic (exact) mass is 297 g/mol. The first-order valence-electron chi connectivity index (χ1n) is 6.10. The van der Waals surface area contributed by atoms with Crippen LogP contribution in [-0.4, -0.2) is 27.2 Å². The molecule has 6 heteroatoms. The minimum atomic E-state index is -1.21. The number of rotatable bonds is 6. The molecule has 0 aliphatic heterocycles. The molecular weight excluding hydrogens is 281 g/mol. The van der Waals surface area contributed by atoms with E-state index in [2.05, 4.69) is 0 Å². The van der Waals surface area contributed by atoms with E-state index in [0.717, 1.165) is 17.8 Å². The fraction of sp³-hybridized carbons (Fsp3) is 0.429. The number of aliphatic hydroxyl groups excluding tert-OH is 2. The van der Waals surface area contributed by atoms with Gasteiger partial charge in [-0.25, -0.2) is 4.39 Å². The second-order valence-electron chi connectivity index (χ2n) is 4.33. The van der Waals surface area contributed by atoms with Crippen molar-refractivity contribution in [2.24, 2.45) is 0 Å². The van der Waals surface area contributed by atoms with Crippen molar-refractivity contribution >= 4 is 16.9 Å². The van der Waals surface area contributed by atoms with Crippen molar-refractivity contribution < 1.29 is 19.4 Å². The zero-order valence-electron chi connectivity index (χ0n) is 11.0. The van der Waals surface area contributed by atoms with Gasteiger partial charge in [-0.2, -0.15) is 5.26 Å². The molecule has 0 aromatic heterocycles. The molecule has 0 heterocycles. The highest BCUT2D eigenvalue weighted by molar-refractivity contribution is 8.13. The Bertz CT molecular complexity index is 516. The molecule has 1 aromatic carbocycles. The first-order chi connectivity index (χ1) is 9.45. The number of hydrogen-bond acceptors (Lipinski definition) is 5. The number of halogens is 1. The second-order valence-corrected chi connectivity index (χ2v) is 5.60. The van der Waals surface area contributed by atoms with Gasteiger partial charge in [0.2, 0.25) is 0 Å². The minimum Gasteiger partial charge on any atom is -0.390 e. The Kier molecular flexibility index (Phi) is 6.65. The Morgan fingerprint density at radius 3 is 2.75 bits per heavy atom. The molecule has 0 aliphatic carbocycles. The third kappa shape index (κ3) is 4.93. The molecule has 2 N–H and O–H groups in total. The molecule has 0 radical (unpaired) electrons. The maximum Gasteiger partial charge on any atom is 0.185 e. The van der Waals surface area contributed by atoms with Gasteiger partial charge in [0.15, 0.2) is 5.12 Å². The first-order valence-corrected chi connectivity index (χ1v) is 7.09. The van der Waals surface area contributed by atoms with Gasteiger partial charge in [-0.05, 0) is 18.1 Å². The molecule has 0 fully saturated rings. The lowest BCUT2D eigenvalue weighted by Gasteiger charge is -2.18. The summed E-state index contributed by atoms with van der Waals surface area (Å²) in [5.74, 6) is -0.184. The second kappa shape index (κ2) is 8.00. The Morgan fingerprint density at radius 1 is 1.50 bits per heavy atom. The minimum absolute atomic E-state index is 0.0417. The highest BCUT2D eigenvalue weighted by Gasteiger charge is 2.19. The van der Waals surface area contributed by atoms with Gasteiger partial charge in [-0.3, -0.25) is 4.79 Å². The SMILES string of the molecule is CC(=O)SCCC(O)C(O)c1ccc(CC#N)c(F)c1. The van der Waals surface area contributed by atoms with Crippen LogP contribution in [0.3, 0.4) is 0 Å². The van der Waals surface area contributed by atoms with Crippen molar-refractivity contribution in [3.8, 4) is 6.07 Å². The highest BCUT2D eigenvalue weighted by atomic mass is 32.2. The third-order valence-electron chi connectivity index (χ3n) is 2.77. The number of thioether (sulfide) groups is 1. The van der Waals surface area contributed by atoms with Crippen LogP contribution in [0.5, 0.6) is 0 Å². The molecule has 0 amide bonds. The van der Waals surface area contributed by atoms with E-state index in [4.69, 9.17) is 5.26 Å². The van der Waals surface area contributed by atoms with Gasteiger partial charge in [0, 0.05) is 18.2 Å². The van der Waals surface area contributed by atoms with E-state index in [1.54, 1.807) is 0 Å². The fourth-order valence-corrected chi connectivity index (χ4v) is 2.33. The average Bonchev–Trinajstić information content (AvgIpc) is 2.40. The molecule has 0 bridgehead atoms. The number of hydrogen-bond donors (Lipinski definition) is 2. The van der Waals surface area contributed by atoms with Crippen molar-refractivity contribution in [3.05, 3.63) is 35.1 Å². The first kappa shape index (κ1) is 16.6. The lowest BCUT2D eigenvalue weighted by Crippen LogP contribution is -2.19. The van der Waals surface area contributed by atoms with Crippen LogP contribution in [0.4, 0.5) is 4.39 Å². The van der Waals surface area contributed by atoms with Crippen LogP contribution in [-0.2, 0) is 11.2 Å². The van der Waals surface area contributed by atoms with Crippen LogP contribution in [0.25, 0.3) is 0 Å². The molecule has 1 rings (SSSR count). The summed E-state index contributed by atoms with van der Waals surface area (Å²) >= 11 is 1.06. The number of benzene rings is 1. The summed E-state index contributed by atoms with van der Waals surface area (Å²) in [4.78, 5) is 10.8. The van der Waals surface area contributed by atoms with Crippen molar-refractivity contribution in [2.45, 2.75) is 32.0 Å². The summed E-state index contributed by atoms with van der Waals surface area (Å²) in [5, 5.41) is 28.2. The quantitative estimate of drug-likeness (QED) is 0.839. The van der Waals surface area contributed by atoms with E-state index in [-0.39, 0.29) is 29.1 Å². The largest absolute Gasteiger partial charge is 0.390 e. The van der Waals surface area contributed by atoms with Gasteiger partial charge in [0.25, 0.3) is 0 Å². The fourth-order valence-electron chi connectivity index (χ4n) is 1.68. The number of aliphatic hydroxyl groups is 2. The van der Waals surface area contributed by atoms with Gasteiger partial charge in [0.05, 0.1) is 18.6 Å². The average molecular weight is 297 g/mol. The Hall–Kier alpha value is -1.42. The molecule has 0 aliphatic rings. The van der Waals surface area contributed by atoms with Gasteiger partial charge < -0.3 is 10.2 Å². The molecule has 4 nitrogen and oxygen atoms in total. The molecule has 0 saturated heterocycles. The van der Waals surface area contributed by atoms with Crippen LogP contribution in [0, 0.1) is 17.1 Å². The van der Waals surface area contributed by atoms with Gasteiger partial charge in [-0.1, -0.05) is 23.9 Å². The lowest BCUT2D eigenvalue weighted by molar-refractivity contribution is -0.109. The molecule has 1 aromatic rings. The summed E-state index contributed by atoms with van der Waals surface area (Å²) in [5.41, 5.74) is 0.509. The van der Waals surface area contributed by atoms with E-state index in [1.165, 1.54) is 19.1 Å². The van der Waals surface area contributed by atoms with E-state index in [1.807, 2.05) is 6.07 Å².